The first-order valence-electron chi connectivity index (χ1n) is 12.8. The molecule has 0 radical (unpaired) electrons. The van der Waals surface area contributed by atoms with Crippen LogP contribution in [0, 0.1) is 0 Å². The van der Waals surface area contributed by atoms with Crippen molar-refractivity contribution < 1.29 is 42.5 Å². The predicted molar refractivity (Wildman–Crippen MR) is 136 cm³/mol. The van der Waals surface area contributed by atoms with E-state index in [-0.39, 0.29) is 55.5 Å². The molecule has 0 bridgehead atoms. The van der Waals surface area contributed by atoms with Gasteiger partial charge in [-0.2, -0.15) is 13.2 Å². The minimum atomic E-state index is -9.94. The van der Waals surface area contributed by atoms with Gasteiger partial charge in [0.25, 0.3) is 5.91 Å². The Kier molecular flexibility index (Phi) is 6.39. The summed E-state index contributed by atoms with van der Waals surface area (Å²) < 4.78 is 105. The molecule has 1 aliphatic carbocycles. The smallest absolute Gasteiger partial charge is 0.398 e. The monoisotopic (exact) mass is 613 g/mol. The van der Waals surface area contributed by atoms with E-state index in [9.17, 15) is 42.5 Å². The number of hydrogen-bond donors (Lipinski definition) is 3. The molecule has 2 fully saturated rings. The van der Waals surface area contributed by atoms with E-state index < -0.39 is 51.3 Å². The molecule has 0 atom stereocenters. The van der Waals surface area contributed by atoms with Crippen LogP contribution in [0.3, 0.4) is 0 Å². The Morgan fingerprint density at radius 3 is 2.22 bits per heavy atom. The van der Waals surface area contributed by atoms with Gasteiger partial charge >= 0.3 is 16.4 Å². The van der Waals surface area contributed by atoms with Crippen LogP contribution in [0.5, 0.6) is 0 Å². The molecule has 1 amide bonds. The Bertz CT molecular complexity index is 1490. The number of imidazole rings is 1. The summed E-state index contributed by atoms with van der Waals surface area (Å²) in [4.78, 5) is 24.2. The topological polar surface area (TPSA) is 108 Å². The number of piperidine rings is 1. The average Bonchev–Trinajstić information content (AvgIpc) is 3.31. The number of aromatic nitrogens is 3. The summed E-state index contributed by atoms with van der Waals surface area (Å²) >= 11 is 0. The Balaban J connectivity index is 1.28. The number of alkyl halides is 3. The number of likely N-dealkylation sites (tertiary alicyclic amines) is 1. The second-order valence-corrected chi connectivity index (χ2v) is 13.2. The first kappa shape index (κ1) is 29.4. The third kappa shape index (κ3) is 5.67. The highest BCUT2D eigenvalue weighted by molar-refractivity contribution is 8.45. The Morgan fingerprint density at radius 2 is 1.66 bits per heavy atom. The molecule has 2 aliphatic rings. The number of rotatable bonds is 4. The van der Waals surface area contributed by atoms with Crippen LogP contribution in [-0.2, 0) is 0 Å². The number of H-pyrrole nitrogens is 1. The van der Waals surface area contributed by atoms with Crippen molar-refractivity contribution in [1.29, 1.82) is 0 Å². The van der Waals surface area contributed by atoms with Gasteiger partial charge < -0.3 is 20.7 Å². The van der Waals surface area contributed by atoms with Gasteiger partial charge in [-0.05, 0) is 74.3 Å². The maximum atomic E-state index is 13.2. The van der Waals surface area contributed by atoms with Crippen LogP contribution < -0.4 is 5.73 Å². The number of anilines is 1. The Morgan fingerprint density at radius 1 is 1.02 bits per heavy atom. The number of aliphatic hydroxyl groups is 1. The van der Waals surface area contributed by atoms with Gasteiger partial charge in [0.05, 0.1) is 5.56 Å². The molecule has 16 heteroatoms. The van der Waals surface area contributed by atoms with E-state index in [0.717, 1.165) is 5.56 Å². The summed E-state index contributed by atoms with van der Waals surface area (Å²) in [6, 6.07) is 2.68. The van der Waals surface area contributed by atoms with E-state index in [4.69, 9.17) is 5.73 Å². The van der Waals surface area contributed by atoms with Crippen molar-refractivity contribution in [3.63, 3.8) is 0 Å². The van der Waals surface area contributed by atoms with Crippen molar-refractivity contribution >= 4 is 33.0 Å². The molecule has 1 aromatic carbocycles. The van der Waals surface area contributed by atoms with Crippen LogP contribution in [0.25, 0.3) is 11.2 Å². The van der Waals surface area contributed by atoms with E-state index >= 15 is 0 Å². The summed E-state index contributed by atoms with van der Waals surface area (Å²) in [6.45, 7) is 0.429. The highest BCUT2D eigenvalue weighted by atomic mass is 32.5. The van der Waals surface area contributed by atoms with Crippen molar-refractivity contribution in [2.45, 2.75) is 67.0 Å². The number of carbonyl (C=O) groups is 1. The molecular weight excluding hydrogens is 586 g/mol. The first-order chi connectivity index (χ1) is 18.8. The quantitative estimate of drug-likeness (QED) is 0.214. The van der Waals surface area contributed by atoms with E-state index in [1.54, 1.807) is 12.3 Å². The van der Waals surface area contributed by atoms with Gasteiger partial charge in [0.15, 0.2) is 11.2 Å². The molecule has 3 heterocycles. The van der Waals surface area contributed by atoms with Crippen molar-refractivity contribution in [2.24, 2.45) is 0 Å². The van der Waals surface area contributed by atoms with Crippen LogP contribution >= 0.6 is 10.2 Å². The third-order valence-corrected chi connectivity index (χ3v) is 9.23. The predicted octanol–water partition coefficient (Wildman–Crippen LogP) is 7.17. The summed E-state index contributed by atoms with van der Waals surface area (Å²) in [5.74, 6) is -0.569. The first-order valence-corrected chi connectivity index (χ1v) is 14.8. The highest BCUT2D eigenvalue weighted by Gasteiger charge is 2.65. The molecule has 5 rings (SSSR count). The zero-order valence-corrected chi connectivity index (χ0v) is 22.2. The van der Waals surface area contributed by atoms with E-state index in [0.29, 0.717) is 35.9 Å². The number of hydrogen-bond acceptors (Lipinski definition) is 5. The number of nitrogens with two attached hydrogens (primary N) is 1. The van der Waals surface area contributed by atoms with Crippen LogP contribution in [0.1, 0.15) is 72.1 Å². The van der Waals surface area contributed by atoms with Crippen molar-refractivity contribution in [2.75, 3.05) is 18.8 Å². The zero-order chi connectivity index (χ0) is 30.1. The second-order valence-electron chi connectivity index (χ2n) is 10.8. The van der Waals surface area contributed by atoms with E-state index in [2.05, 4.69) is 15.0 Å². The van der Waals surface area contributed by atoms with Gasteiger partial charge in [-0.25, -0.2) is 9.97 Å². The minimum absolute atomic E-state index is 0.0739. The molecule has 226 valence electrons. The fourth-order valence-electron chi connectivity index (χ4n) is 5.66. The molecule has 1 aliphatic heterocycles. The second kappa shape index (κ2) is 8.93. The van der Waals surface area contributed by atoms with Crippen molar-refractivity contribution in [3.8, 4) is 0 Å². The van der Waals surface area contributed by atoms with E-state index in [1.807, 2.05) is 0 Å². The number of carbonyl (C=O) groups excluding carboxylic acids is 1. The SMILES string of the molecule is Nc1cc(S(F)(F)(F)(F)F)ccc1C(=O)N1CCC(c2ccnc3[nH]c(C4CCC(O)(C(F)(F)F)CC4)nc23)CC1. The lowest BCUT2D eigenvalue weighted by Crippen LogP contribution is -2.47. The van der Waals surface area contributed by atoms with Gasteiger partial charge in [-0.1, -0.05) is 19.4 Å². The molecular formula is C25H27F8N5O2S. The molecule has 0 spiro atoms. The maximum Gasteiger partial charge on any atom is 0.417 e. The summed E-state index contributed by atoms with van der Waals surface area (Å²) in [5, 5.41) is 9.96. The van der Waals surface area contributed by atoms with Gasteiger partial charge in [-0.3, -0.25) is 4.79 Å². The molecule has 2 aromatic heterocycles. The fraction of sp³-hybridized carbons (Fsp3) is 0.480. The molecule has 0 unspecified atom stereocenters. The van der Waals surface area contributed by atoms with Crippen LogP contribution in [0.15, 0.2) is 35.4 Å². The van der Waals surface area contributed by atoms with Crippen LogP contribution in [0.4, 0.5) is 38.3 Å². The average molecular weight is 614 g/mol. The third-order valence-electron chi connectivity index (χ3n) is 8.08. The van der Waals surface area contributed by atoms with Crippen LogP contribution in [0.2, 0.25) is 0 Å². The number of fused-ring (bicyclic) bond motifs is 1. The molecule has 3 aromatic rings. The number of halogens is 8. The van der Waals surface area contributed by atoms with Crippen molar-refractivity contribution in [1.82, 2.24) is 19.9 Å². The fourth-order valence-corrected chi connectivity index (χ4v) is 6.34. The van der Waals surface area contributed by atoms with Gasteiger partial charge in [0, 0.05) is 30.9 Å². The highest BCUT2D eigenvalue weighted by Crippen LogP contribution is 3.02. The molecule has 1 saturated carbocycles. The molecule has 7 nitrogen and oxygen atoms in total. The largest absolute Gasteiger partial charge is 0.417 e. The normalized spacial score (nSPS) is 24.7. The summed E-state index contributed by atoms with van der Waals surface area (Å²) in [5.41, 5.74) is 3.71. The maximum absolute atomic E-state index is 13.2. The zero-order valence-electron chi connectivity index (χ0n) is 21.4. The number of nitrogens with one attached hydrogen (secondary N) is 1. The lowest BCUT2D eigenvalue weighted by Gasteiger charge is -2.40. The molecule has 41 heavy (non-hydrogen) atoms. The van der Waals surface area contributed by atoms with Crippen molar-refractivity contribution in [3.05, 3.63) is 47.4 Å². The minimum Gasteiger partial charge on any atom is -0.398 e. The number of aromatic amines is 1. The van der Waals surface area contributed by atoms with Gasteiger partial charge in [0.1, 0.15) is 16.2 Å². The van der Waals surface area contributed by atoms with Gasteiger partial charge in [0.2, 0.25) is 0 Å². The number of nitrogens with zero attached hydrogens (tertiary/aromatic N) is 3. The molecule has 4 N–H and O–H groups in total. The van der Waals surface area contributed by atoms with Gasteiger partial charge in [-0.15, -0.1) is 0 Å². The summed E-state index contributed by atoms with van der Waals surface area (Å²) in [6.07, 6.45) is -2.89. The lowest BCUT2D eigenvalue weighted by atomic mass is 9.78. The number of nitrogen functional groups attached to an aromatic ring is 1. The molecule has 1 saturated heterocycles. The Hall–Kier alpha value is -3.14. The standard InChI is InChI=1S/C25H27F8N5O2S/c26-25(27,28)24(40)8-3-15(4-9-24)21-36-20-17(5-10-35-22(20)37-21)14-6-11-38(12-7-14)23(39)18-2-1-16(13-19(18)34)41(29,30,31,32)33/h1-2,5,10,13-15,40H,3-4,6-9,11-12,34H2,(H,35,36,37). The van der Waals surface area contributed by atoms with Crippen LogP contribution in [-0.4, -0.2) is 55.7 Å². The number of amides is 1. The number of pyridine rings is 1. The lowest BCUT2D eigenvalue weighted by molar-refractivity contribution is -0.270. The number of benzene rings is 1. The van der Waals surface area contributed by atoms with E-state index in [1.165, 1.54) is 4.90 Å². The summed E-state index contributed by atoms with van der Waals surface area (Å²) in [7, 11) is -9.94. The Labute approximate surface area is 228 Å².